The minimum atomic E-state index is -2.22. The maximum Gasteiger partial charge on any atom is 2.00 e. The van der Waals surface area contributed by atoms with Gasteiger partial charge in [0.25, 0.3) is 0 Å². The predicted octanol–water partition coefficient (Wildman–Crippen LogP) is 29.2. The fourth-order valence-corrected chi connectivity index (χ4v) is 24.6. The first kappa shape index (κ1) is 99.8. The molecule has 149 heavy (non-hydrogen) atoms. The summed E-state index contributed by atoms with van der Waals surface area (Å²) in [6.07, 6.45) is -1.84. The first-order valence-corrected chi connectivity index (χ1v) is 52.8. The molecule has 8 heterocycles. The van der Waals surface area contributed by atoms with Crippen molar-refractivity contribution in [3.05, 3.63) is 584 Å². The van der Waals surface area contributed by atoms with Gasteiger partial charge in [-0.3, -0.25) is 18.1 Å². The molecule has 0 saturated carbocycles. The van der Waals surface area contributed by atoms with Gasteiger partial charge in [0.05, 0.1) is 26.4 Å². The van der Waals surface area contributed by atoms with E-state index in [0.29, 0.717) is 62.8 Å². The molecule has 0 spiro atoms. The maximum atomic E-state index is 7.64. The monoisotopic (exact) mass is 2050 g/mol. The molecule has 0 amide bonds. The number of rotatable bonds is 26. The Hall–Kier alpha value is -13.8. The number of aliphatic imine (C=N–C) groups is 2. The van der Waals surface area contributed by atoms with Crippen LogP contribution in [-0.4, -0.2) is 74.2 Å². The molecule has 8 aliphatic heterocycles. The number of nitrogens with zero attached hydrogens (tertiary/aromatic N) is 4. The standard InChI is InChI=1S/2C64H56N2O7P.Zn/c1-62(2)70-58-59(71-62)64(52-35-17-7-18-36-52,53-37-19-8-20-38-53)73-74(72-63(58,50-31-13-5-14-32-50)51-33-15-6-16-34-51)69-42-49-29-21-22-39-54(49)48-30-23-24-45(40-48)41-55(60-65-56(43-67-60)46-25-9-3-10-26-46)61-66-57(44-68-61)47-27-11-4-12-28-47;1-62(2)70-58-59(71-62)64(52-32-17-7-18-33-52,53-34-19-8-20-35-53)73-74(72-63(58,50-28-13-5-14-29-50)51-30-15-6-16-31-51)69-42-49-27-21-22-36-54(49)46-39-37-45(38-40-46)41-55(60-65-56(43-67-60)47-23-9-3-10-24-47)61-66-57(44-68-61)48-25-11-4-12-26-48;/h2*3-40,56-59H,41-44H2,1-2H3;/q2*-1;+2/b2*60-55+;/t56-,57-,58+,59+;56-,57-,58-,59-;/m01./s1. The molecule has 0 unspecified atom stereocenters. The van der Waals surface area contributed by atoms with Crippen molar-refractivity contribution in [1.82, 2.24) is 0 Å². The molecule has 0 aliphatic carbocycles. The number of hydrogen-bond donors (Lipinski definition) is 0. The van der Waals surface area contributed by atoms with E-state index in [-0.39, 0.29) is 56.9 Å². The molecule has 740 valence electrons. The molecule has 6 saturated heterocycles. The van der Waals surface area contributed by atoms with Crippen LogP contribution in [0.5, 0.6) is 0 Å². The van der Waals surface area contributed by atoms with E-state index in [2.05, 4.69) is 231 Å². The molecule has 0 aromatic heterocycles. The van der Waals surface area contributed by atoms with Gasteiger partial charge in [-0.2, -0.15) is 0 Å². The zero-order valence-corrected chi connectivity index (χ0v) is 88.0. The first-order chi connectivity index (χ1) is 72.7. The molecule has 8 atom stereocenters. The van der Waals surface area contributed by atoms with E-state index >= 15 is 0 Å². The minimum Gasteiger partial charge on any atom is -0.645 e. The molecule has 24 rings (SSSR count). The van der Waals surface area contributed by atoms with Crippen LogP contribution in [0.25, 0.3) is 32.9 Å². The van der Waals surface area contributed by atoms with Crippen LogP contribution in [0.15, 0.2) is 494 Å². The van der Waals surface area contributed by atoms with Gasteiger partial charge in [0.15, 0.2) is 34.0 Å². The summed E-state index contributed by atoms with van der Waals surface area (Å²) in [6.45, 7) is 9.99. The molecular weight excluding hydrogens is 1940 g/mol. The minimum absolute atomic E-state index is 0. The zero-order chi connectivity index (χ0) is 99.9. The Morgan fingerprint density at radius 1 is 0.282 bits per heavy atom. The van der Waals surface area contributed by atoms with Crippen molar-refractivity contribution in [2.45, 2.75) is 136 Å². The van der Waals surface area contributed by atoms with Crippen LogP contribution >= 0.6 is 17.2 Å². The van der Waals surface area contributed by atoms with E-state index in [1.165, 1.54) is 0 Å². The average molecular weight is 2060 g/mol. The molecule has 16 aromatic carbocycles. The molecule has 21 heteroatoms. The first-order valence-electron chi connectivity index (χ1n) is 50.6. The molecule has 0 bridgehead atoms. The van der Waals surface area contributed by atoms with Crippen LogP contribution in [0.1, 0.15) is 141 Å². The van der Waals surface area contributed by atoms with E-state index in [9.17, 15) is 0 Å². The van der Waals surface area contributed by atoms with Crippen LogP contribution in [0.4, 0.5) is 0 Å². The van der Waals surface area contributed by atoms with Crippen LogP contribution in [0.2, 0.25) is 0 Å². The van der Waals surface area contributed by atoms with Gasteiger partial charge in [0, 0.05) is 35.8 Å². The molecule has 6 fully saturated rings. The molecule has 16 aromatic rings. The van der Waals surface area contributed by atoms with Crippen LogP contribution in [0, 0.1) is 0 Å². The van der Waals surface area contributed by atoms with E-state index in [1.54, 1.807) is 0 Å². The second kappa shape index (κ2) is 44.2. The second-order valence-corrected chi connectivity index (χ2v) is 41.0. The number of ether oxygens (including phenoxy) is 8. The summed E-state index contributed by atoms with van der Waals surface area (Å²) in [6, 6.07) is 157. The van der Waals surface area contributed by atoms with Gasteiger partial charge in [-0.05, 0) is 128 Å². The quantitative estimate of drug-likeness (QED) is 0.0369. The number of fused-ring (bicyclic) bond motifs is 2. The Morgan fingerprint density at radius 3 is 0.872 bits per heavy atom. The molecular formula is C128H112N4O14P2Zn. The van der Waals surface area contributed by atoms with Gasteiger partial charge < -0.3 is 57.6 Å². The van der Waals surface area contributed by atoms with Crippen LogP contribution in [0.3, 0.4) is 0 Å². The van der Waals surface area contributed by atoms with Gasteiger partial charge >= 0.3 is 36.7 Å². The Labute approximate surface area is 885 Å². The van der Waals surface area contributed by atoms with E-state index < -0.39 is 75.6 Å². The predicted molar refractivity (Wildman–Crippen MR) is 577 cm³/mol. The average Bonchev–Trinajstić information content (AvgIpc) is 1.54. The summed E-state index contributed by atoms with van der Waals surface area (Å²) in [5.74, 6) is 0.241. The summed E-state index contributed by atoms with van der Waals surface area (Å²) < 4.78 is 99.2. The van der Waals surface area contributed by atoms with Crippen molar-refractivity contribution in [2.75, 3.05) is 26.4 Å². The summed E-state index contributed by atoms with van der Waals surface area (Å²) in [5, 5.41) is 10.2. The third-order valence-corrected chi connectivity index (χ3v) is 31.0. The SMILES string of the molecule is CC1(C)O[C@@H]2[C@@H](O1)C(c1ccccc1)(c1ccccc1)OP(OCc1ccccc1-c1ccc(C/C(C3=N[C@@H](c4ccccc4)CO3)=C3/[N-][C@@H](c4ccccc4)CO3)cc1)OC2(c1ccccc1)c1ccccc1.CC1(C)O[C@@H]2[C@@H](O1)C(c1ccccc1)(c1ccccc1)OP(OCc1ccccc1-c1cccc(C/C(C3=N[C@H](c4ccccc4)CO3)=C3/[N-][C@H](c4ccccc4)CO3)c1)OC2(c1ccccc1)c1ccccc1.[Zn+2]. The van der Waals surface area contributed by atoms with Gasteiger partial charge in [-0.1, -0.05) is 484 Å². The van der Waals surface area contributed by atoms with Crippen molar-refractivity contribution in [2.24, 2.45) is 9.98 Å². The second-order valence-electron chi connectivity index (χ2n) is 38.9. The summed E-state index contributed by atoms with van der Waals surface area (Å²) in [4.78, 5) is 10.2. The smallest absolute Gasteiger partial charge is 0.645 e. The van der Waals surface area contributed by atoms with E-state index in [4.69, 9.17) is 85.7 Å². The Morgan fingerprint density at radius 2 is 0.557 bits per heavy atom. The summed E-state index contributed by atoms with van der Waals surface area (Å²) >= 11 is 0. The van der Waals surface area contributed by atoms with Gasteiger partial charge in [0.2, 0.25) is 11.8 Å². The number of benzene rings is 16. The third kappa shape index (κ3) is 20.5. The largest absolute Gasteiger partial charge is 2.00 e. The van der Waals surface area contributed by atoms with Crippen LogP contribution in [-0.2, 0) is 133 Å². The topological polar surface area (TPSA) is 182 Å². The van der Waals surface area contributed by atoms with Crippen molar-refractivity contribution in [3.63, 3.8) is 0 Å². The zero-order valence-electron chi connectivity index (χ0n) is 83.3. The fourth-order valence-electron chi connectivity index (χ4n) is 21.6. The Bertz CT molecular complexity index is 7010. The normalized spacial score (nSPS) is 22.2. The fraction of sp³-hybridized carbons (Fsp3) is 0.203. The van der Waals surface area contributed by atoms with E-state index in [0.717, 1.165) is 122 Å². The van der Waals surface area contributed by atoms with Gasteiger partial charge in [0.1, 0.15) is 49.7 Å². The maximum absolute atomic E-state index is 7.64. The van der Waals surface area contributed by atoms with Crippen molar-refractivity contribution < 1.29 is 84.5 Å². The Kier molecular flexibility index (Phi) is 29.6. The Balaban J connectivity index is 0.000000168. The van der Waals surface area contributed by atoms with Gasteiger partial charge in [-0.15, -0.1) is 0 Å². The summed E-state index contributed by atoms with van der Waals surface area (Å²) in [7, 11) is -4.42. The molecule has 0 N–H and O–H groups in total. The van der Waals surface area contributed by atoms with Crippen molar-refractivity contribution in [1.29, 1.82) is 0 Å². The van der Waals surface area contributed by atoms with Crippen molar-refractivity contribution in [3.8, 4) is 22.3 Å². The summed E-state index contributed by atoms with van der Waals surface area (Å²) in [5.41, 5.74) is 16.4. The van der Waals surface area contributed by atoms with Crippen molar-refractivity contribution >= 4 is 29.0 Å². The third-order valence-electron chi connectivity index (χ3n) is 28.6. The number of hydrogen-bond acceptors (Lipinski definition) is 16. The van der Waals surface area contributed by atoms with Crippen LogP contribution < -0.4 is 0 Å². The molecule has 18 nitrogen and oxygen atoms in total. The van der Waals surface area contributed by atoms with E-state index in [1.807, 2.05) is 258 Å². The van der Waals surface area contributed by atoms with Gasteiger partial charge in [-0.25, -0.2) is 9.98 Å². The molecule has 0 radical (unpaired) electrons. The molecule has 8 aliphatic rings.